The summed E-state index contributed by atoms with van der Waals surface area (Å²) in [6, 6.07) is 15.7. The van der Waals surface area contributed by atoms with Crippen molar-refractivity contribution in [3.05, 3.63) is 75.7 Å². The van der Waals surface area contributed by atoms with Gasteiger partial charge in [0.1, 0.15) is 18.0 Å². The zero-order valence-electron chi connectivity index (χ0n) is 15.2. The molecular weight excluding hydrogens is 375 g/mol. The lowest BCUT2D eigenvalue weighted by molar-refractivity contribution is -0.125. The van der Waals surface area contributed by atoms with E-state index in [1.165, 1.54) is 12.1 Å². The average Bonchev–Trinajstić information content (AvgIpc) is 3.20. The topological polar surface area (TPSA) is 62.1 Å². The number of hydrogen-bond donors (Lipinski definition) is 1. The van der Waals surface area contributed by atoms with Crippen LogP contribution < -0.4 is 5.32 Å². The number of amides is 1. The largest absolute Gasteiger partial charge is 0.355 e. The highest BCUT2D eigenvalue weighted by Crippen LogP contribution is 2.45. The second-order valence-electron chi connectivity index (χ2n) is 6.60. The molecule has 0 bridgehead atoms. The lowest BCUT2D eigenvalue weighted by atomic mass is 9.86. The van der Waals surface area contributed by atoms with Crippen LogP contribution in [-0.2, 0) is 15.1 Å². The van der Waals surface area contributed by atoms with E-state index in [9.17, 15) is 9.18 Å². The van der Waals surface area contributed by atoms with Gasteiger partial charge in [-0.3, -0.25) is 4.79 Å². The van der Waals surface area contributed by atoms with E-state index in [0.29, 0.717) is 17.7 Å². The summed E-state index contributed by atoms with van der Waals surface area (Å²) in [4.78, 5) is 13.2. The van der Waals surface area contributed by atoms with E-state index in [1.807, 2.05) is 48.7 Å². The third-order valence-corrected chi connectivity index (χ3v) is 5.97. The van der Waals surface area contributed by atoms with Crippen molar-refractivity contribution < 1.29 is 13.9 Å². The Morgan fingerprint density at radius 3 is 2.82 bits per heavy atom. The Balaban J connectivity index is 1.94. The van der Waals surface area contributed by atoms with Crippen LogP contribution in [0.15, 0.2) is 53.9 Å². The maximum atomic E-state index is 14.0. The molecule has 1 amide bonds. The summed E-state index contributed by atoms with van der Waals surface area (Å²) < 4.78 is 20.1. The Bertz CT molecular complexity index is 1090. The van der Waals surface area contributed by atoms with Crippen molar-refractivity contribution in [2.75, 3.05) is 11.9 Å². The van der Waals surface area contributed by atoms with Crippen LogP contribution in [0.1, 0.15) is 29.3 Å². The summed E-state index contributed by atoms with van der Waals surface area (Å²) in [5, 5.41) is 14.0. The number of anilines is 1. The van der Waals surface area contributed by atoms with E-state index >= 15 is 0 Å². The van der Waals surface area contributed by atoms with Gasteiger partial charge in [-0.15, -0.1) is 11.3 Å². The molecule has 28 heavy (non-hydrogen) atoms. The van der Waals surface area contributed by atoms with Gasteiger partial charge in [-0.1, -0.05) is 19.1 Å². The molecule has 0 spiro atoms. The Hall–Kier alpha value is -3.01. The van der Waals surface area contributed by atoms with E-state index in [0.717, 1.165) is 16.0 Å². The molecule has 4 nitrogen and oxygen atoms in total. The van der Waals surface area contributed by atoms with Crippen LogP contribution in [0.4, 0.5) is 10.1 Å². The second kappa shape index (κ2) is 7.19. The maximum absolute atomic E-state index is 14.0. The minimum Gasteiger partial charge on any atom is -0.355 e. The van der Waals surface area contributed by atoms with Crippen LogP contribution in [0.3, 0.4) is 0 Å². The Kier molecular flexibility index (Phi) is 4.71. The summed E-state index contributed by atoms with van der Waals surface area (Å²) in [5.41, 5.74) is 2.34. The number of fused-ring (bicyclic) bond motifs is 1. The van der Waals surface area contributed by atoms with Gasteiger partial charge >= 0.3 is 0 Å². The quantitative estimate of drug-likeness (QED) is 0.679. The smallest absolute Gasteiger partial charge is 0.250 e. The highest BCUT2D eigenvalue weighted by Gasteiger charge is 2.39. The van der Waals surface area contributed by atoms with Crippen molar-refractivity contribution in [2.24, 2.45) is 0 Å². The molecule has 0 saturated carbocycles. The molecule has 2 heterocycles. The van der Waals surface area contributed by atoms with E-state index in [4.69, 9.17) is 10.00 Å². The number of carbonyl (C=O) groups excluding carboxylic acids is 1. The van der Waals surface area contributed by atoms with Gasteiger partial charge in [-0.2, -0.15) is 5.26 Å². The number of thiophene rings is 1. The fraction of sp³-hybridized carbons (Fsp3) is 0.182. The molecule has 0 saturated heterocycles. The minimum absolute atomic E-state index is 0.0473. The fourth-order valence-electron chi connectivity index (χ4n) is 3.62. The van der Waals surface area contributed by atoms with Gasteiger partial charge in [0, 0.05) is 16.1 Å². The molecule has 1 unspecified atom stereocenters. The Labute approximate surface area is 166 Å². The molecule has 1 aliphatic heterocycles. The van der Waals surface area contributed by atoms with E-state index in [-0.39, 0.29) is 18.1 Å². The zero-order chi connectivity index (χ0) is 19.7. The normalized spacial score (nSPS) is 18.7. The van der Waals surface area contributed by atoms with E-state index < -0.39 is 11.4 Å². The monoisotopic (exact) mass is 392 g/mol. The van der Waals surface area contributed by atoms with Crippen molar-refractivity contribution in [1.29, 1.82) is 5.26 Å². The summed E-state index contributed by atoms with van der Waals surface area (Å²) in [5.74, 6) is -0.674. The number of nitriles is 1. The minimum atomic E-state index is -0.774. The Morgan fingerprint density at radius 1 is 1.25 bits per heavy atom. The molecule has 6 heteroatoms. The van der Waals surface area contributed by atoms with Crippen LogP contribution in [0.25, 0.3) is 11.1 Å². The van der Waals surface area contributed by atoms with Crippen LogP contribution in [0, 0.1) is 17.1 Å². The first-order valence-electron chi connectivity index (χ1n) is 8.89. The highest BCUT2D eigenvalue weighted by molar-refractivity contribution is 7.10. The van der Waals surface area contributed by atoms with Crippen LogP contribution >= 0.6 is 11.3 Å². The van der Waals surface area contributed by atoms with Gasteiger partial charge in [0.25, 0.3) is 0 Å². The van der Waals surface area contributed by atoms with Crippen molar-refractivity contribution in [2.45, 2.75) is 18.9 Å². The molecule has 0 aliphatic carbocycles. The van der Waals surface area contributed by atoms with Crippen molar-refractivity contribution in [1.82, 2.24) is 0 Å². The first-order valence-corrected chi connectivity index (χ1v) is 9.77. The molecule has 1 atom stereocenters. The van der Waals surface area contributed by atoms with Gasteiger partial charge in [0.15, 0.2) is 0 Å². The molecule has 0 fully saturated rings. The molecule has 3 aromatic rings. The lowest BCUT2D eigenvalue weighted by Gasteiger charge is -2.32. The molecular formula is C22H17FN2O2S. The molecule has 2 aromatic carbocycles. The predicted octanol–water partition coefficient (Wildman–Crippen LogP) is 5.05. The Morgan fingerprint density at radius 2 is 2.11 bits per heavy atom. The highest BCUT2D eigenvalue weighted by atomic mass is 32.1. The maximum Gasteiger partial charge on any atom is 0.250 e. The SMILES string of the molecule is CCC1(c2cccs2)OCC(=O)Nc2ccc(-c3cc(F)cc(C#N)c3)cc21. The summed E-state index contributed by atoms with van der Waals surface area (Å²) in [6.07, 6.45) is 0.630. The van der Waals surface area contributed by atoms with Crippen LogP contribution in [-0.4, -0.2) is 12.5 Å². The van der Waals surface area contributed by atoms with Gasteiger partial charge in [0.2, 0.25) is 5.91 Å². The second-order valence-corrected chi connectivity index (χ2v) is 7.54. The third kappa shape index (κ3) is 3.09. The summed E-state index contributed by atoms with van der Waals surface area (Å²) in [6.45, 7) is 1.97. The first-order chi connectivity index (χ1) is 13.6. The number of ether oxygens (including phenoxy) is 1. The molecule has 0 radical (unpaired) electrons. The van der Waals surface area contributed by atoms with Crippen molar-refractivity contribution in [3.8, 4) is 17.2 Å². The number of carbonyl (C=O) groups is 1. The van der Waals surface area contributed by atoms with E-state index in [2.05, 4.69) is 5.32 Å². The first kappa shape index (κ1) is 18.4. The predicted molar refractivity (Wildman–Crippen MR) is 107 cm³/mol. The zero-order valence-corrected chi connectivity index (χ0v) is 16.0. The molecule has 140 valence electrons. The van der Waals surface area contributed by atoms with E-state index in [1.54, 1.807) is 17.4 Å². The van der Waals surface area contributed by atoms with Gasteiger partial charge in [-0.05, 0) is 59.3 Å². The molecule has 1 aliphatic rings. The lowest BCUT2D eigenvalue weighted by Crippen LogP contribution is -2.30. The number of benzene rings is 2. The van der Waals surface area contributed by atoms with Crippen molar-refractivity contribution in [3.63, 3.8) is 0 Å². The van der Waals surface area contributed by atoms with Crippen molar-refractivity contribution >= 4 is 22.9 Å². The summed E-state index contributed by atoms with van der Waals surface area (Å²) >= 11 is 1.57. The fourth-order valence-corrected chi connectivity index (χ4v) is 4.58. The van der Waals surface area contributed by atoms with Crippen LogP contribution in [0.5, 0.6) is 0 Å². The number of nitrogens with zero attached hydrogens (tertiary/aromatic N) is 1. The third-order valence-electron chi connectivity index (χ3n) is 4.96. The number of rotatable bonds is 3. The van der Waals surface area contributed by atoms with Gasteiger partial charge in [-0.25, -0.2) is 4.39 Å². The number of halogens is 1. The molecule has 4 rings (SSSR count). The van der Waals surface area contributed by atoms with Gasteiger partial charge in [0.05, 0.1) is 11.6 Å². The molecule has 1 N–H and O–H groups in total. The number of nitrogens with one attached hydrogen (secondary N) is 1. The van der Waals surface area contributed by atoms with Crippen LogP contribution in [0.2, 0.25) is 0 Å². The average molecular weight is 392 g/mol. The standard InChI is InChI=1S/C22H17FN2O2S/c1-2-22(20-4-3-7-28-20)18-11-15(5-6-19(18)25-21(26)13-27-22)16-8-14(12-24)9-17(23)10-16/h3-11H,2,13H2,1H3,(H,25,26). The number of hydrogen-bond acceptors (Lipinski definition) is 4. The molecule has 1 aromatic heterocycles. The summed E-state index contributed by atoms with van der Waals surface area (Å²) in [7, 11) is 0. The van der Waals surface area contributed by atoms with Gasteiger partial charge < -0.3 is 10.1 Å².